The van der Waals surface area contributed by atoms with Crippen molar-refractivity contribution in [3.63, 3.8) is 0 Å². The van der Waals surface area contributed by atoms with Gasteiger partial charge in [-0.2, -0.15) is 0 Å². The number of likely N-dealkylation sites (tertiary alicyclic amines) is 1. The summed E-state index contributed by atoms with van der Waals surface area (Å²) >= 11 is 0. The minimum Gasteiger partial charge on any atom is -0.351 e. The minimum atomic E-state index is -0.810. The molecular formula is C16H18N4O3. The average Bonchev–Trinajstić information content (AvgIpc) is 3.04. The SMILES string of the molecule is Cc1ccc2[nH]c(C(=O)NC3C(=O)N(CC=O)C[C@H]3N)cc2c1. The number of aryl methyl sites for hydroxylation is 1. The number of carbonyl (C=O) groups excluding carboxylic acids is 3. The lowest BCUT2D eigenvalue weighted by molar-refractivity contribution is -0.131. The second-order valence-corrected chi connectivity index (χ2v) is 5.80. The van der Waals surface area contributed by atoms with Crippen LogP contribution in [0.5, 0.6) is 0 Å². The highest BCUT2D eigenvalue weighted by atomic mass is 16.2. The van der Waals surface area contributed by atoms with Crippen LogP contribution in [0.1, 0.15) is 16.1 Å². The maximum atomic E-state index is 12.4. The van der Waals surface area contributed by atoms with E-state index in [1.54, 1.807) is 6.07 Å². The number of carbonyl (C=O) groups is 3. The molecule has 2 amide bonds. The first-order chi connectivity index (χ1) is 11.0. The van der Waals surface area contributed by atoms with Gasteiger partial charge in [-0.15, -0.1) is 0 Å². The molecule has 0 spiro atoms. The number of aromatic amines is 1. The molecule has 3 rings (SSSR count). The van der Waals surface area contributed by atoms with Gasteiger partial charge >= 0.3 is 0 Å². The van der Waals surface area contributed by atoms with Gasteiger partial charge in [0.2, 0.25) is 5.91 Å². The van der Waals surface area contributed by atoms with Gasteiger partial charge in [0.1, 0.15) is 18.0 Å². The van der Waals surface area contributed by atoms with Crippen LogP contribution in [0, 0.1) is 6.92 Å². The van der Waals surface area contributed by atoms with E-state index < -0.39 is 12.1 Å². The molecule has 1 aliphatic rings. The smallest absolute Gasteiger partial charge is 0.268 e. The number of benzene rings is 1. The van der Waals surface area contributed by atoms with Crippen LogP contribution in [0.3, 0.4) is 0 Å². The van der Waals surface area contributed by atoms with Gasteiger partial charge in [-0.25, -0.2) is 0 Å². The molecule has 2 atom stereocenters. The monoisotopic (exact) mass is 314 g/mol. The molecule has 0 saturated carbocycles. The Hall–Kier alpha value is -2.67. The van der Waals surface area contributed by atoms with Crippen LogP contribution in [0.2, 0.25) is 0 Å². The molecule has 1 aliphatic heterocycles. The predicted molar refractivity (Wildman–Crippen MR) is 84.9 cm³/mol. The van der Waals surface area contributed by atoms with E-state index in [1.165, 1.54) is 4.90 Å². The molecule has 4 N–H and O–H groups in total. The Kier molecular flexibility index (Phi) is 3.87. The highest BCUT2D eigenvalue weighted by Crippen LogP contribution is 2.17. The van der Waals surface area contributed by atoms with Crippen molar-refractivity contribution < 1.29 is 14.4 Å². The van der Waals surface area contributed by atoms with Gasteiger partial charge in [0.15, 0.2) is 0 Å². The van der Waals surface area contributed by atoms with E-state index in [2.05, 4.69) is 10.3 Å². The largest absolute Gasteiger partial charge is 0.351 e. The fourth-order valence-electron chi connectivity index (χ4n) is 2.85. The number of rotatable bonds is 4. The van der Waals surface area contributed by atoms with Crippen molar-refractivity contribution in [3.8, 4) is 0 Å². The number of amides is 2. The minimum absolute atomic E-state index is 0.00936. The summed E-state index contributed by atoms with van der Waals surface area (Å²) in [6.07, 6.45) is 0.648. The van der Waals surface area contributed by atoms with Crippen LogP contribution >= 0.6 is 0 Å². The van der Waals surface area contributed by atoms with Crippen molar-refractivity contribution in [2.45, 2.75) is 19.0 Å². The van der Waals surface area contributed by atoms with Crippen molar-refractivity contribution >= 4 is 29.0 Å². The Labute approximate surface area is 132 Å². The third kappa shape index (κ3) is 2.83. The first-order valence-electron chi connectivity index (χ1n) is 7.38. The van der Waals surface area contributed by atoms with Crippen LogP contribution in [0.4, 0.5) is 0 Å². The van der Waals surface area contributed by atoms with Crippen molar-refractivity contribution in [3.05, 3.63) is 35.5 Å². The lowest BCUT2D eigenvalue weighted by Crippen LogP contribution is -2.49. The molecule has 0 aliphatic carbocycles. The molecule has 1 saturated heterocycles. The van der Waals surface area contributed by atoms with E-state index in [0.29, 0.717) is 12.0 Å². The Morgan fingerprint density at radius 3 is 3.00 bits per heavy atom. The molecule has 1 aromatic carbocycles. The zero-order chi connectivity index (χ0) is 16.6. The van der Waals surface area contributed by atoms with Crippen LogP contribution < -0.4 is 11.1 Å². The van der Waals surface area contributed by atoms with Crippen LogP contribution in [-0.2, 0) is 9.59 Å². The highest BCUT2D eigenvalue weighted by Gasteiger charge is 2.39. The van der Waals surface area contributed by atoms with E-state index >= 15 is 0 Å². The molecule has 2 aromatic rings. The summed E-state index contributed by atoms with van der Waals surface area (Å²) < 4.78 is 0. The number of nitrogens with zero attached hydrogens (tertiary/aromatic N) is 1. The van der Waals surface area contributed by atoms with Gasteiger partial charge in [-0.05, 0) is 25.1 Å². The molecule has 7 nitrogen and oxygen atoms in total. The standard InChI is InChI=1S/C16H18N4O3/c1-9-2-3-12-10(6-9)7-13(18-12)15(22)19-14-11(17)8-20(4-5-21)16(14)23/h2-3,5-7,11,14,18H,4,8,17H2,1H3,(H,19,22)/t11-,14?/m1/s1. The maximum Gasteiger partial charge on any atom is 0.268 e. The van der Waals surface area contributed by atoms with Gasteiger partial charge in [0, 0.05) is 17.4 Å². The second-order valence-electron chi connectivity index (χ2n) is 5.80. The zero-order valence-electron chi connectivity index (χ0n) is 12.7. The van der Waals surface area contributed by atoms with Gasteiger partial charge in [-0.3, -0.25) is 9.59 Å². The summed E-state index contributed by atoms with van der Waals surface area (Å²) in [4.78, 5) is 39.5. The van der Waals surface area contributed by atoms with Gasteiger partial charge in [-0.1, -0.05) is 11.6 Å². The summed E-state index contributed by atoms with van der Waals surface area (Å²) in [5, 5.41) is 3.59. The molecule has 23 heavy (non-hydrogen) atoms. The molecule has 0 bridgehead atoms. The lowest BCUT2D eigenvalue weighted by Gasteiger charge is -2.14. The van der Waals surface area contributed by atoms with E-state index in [1.807, 2.05) is 25.1 Å². The summed E-state index contributed by atoms with van der Waals surface area (Å²) in [5.41, 5.74) is 8.23. The van der Waals surface area contributed by atoms with Crippen LogP contribution in [0.25, 0.3) is 10.9 Å². The second kappa shape index (κ2) is 5.85. The van der Waals surface area contributed by atoms with Gasteiger partial charge in [0.25, 0.3) is 5.91 Å². The molecule has 1 unspecified atom stereocenters. The van der Waals surface area contributed by atoms with Gasteiger partial charge < -0.3 is 25.7 Å². The Morgan fingerprint density at radius 1 is 1.48 bits per heavy atom. The van der Waals surface area contributed by atoms with E-state index in [4.69, 9.17) is 5.73 Å². The number of nitrogens with one attached hydrogen (secondary N) is 2. The number of hydrogen-bond acceptors (Lipinski definition) is 4. The Bertz CT molecular complexity index is 783. The molecule has 0 radical (unpaired) electrons. The fraction of sp³-hybridized carbons (Fsp3) is 0.312. The van der Waals surface area contributed by atoms with Crippen molar-refractivity contribution in [1.29, 1.82) is 0 Å². The average molecular weight is 314 g/mol. The first kappa shape index (κ1) is 15.2. The number of H-pyrrole nitrogens is 1. The molecule has 120 valence electrons. The Balaban J connectivity index is 1.77. The summed E-state index contributed by atoms with van der Waals surface area (Å²) in [6.45, 7) is 2.23. The predicted octanol–water partition coefficient (Wildman–Crippen LogP) is -0.0569. The third-order valence-electron chi connectivity index (χ3n) is 4.04. The summed E-state index contributed by atoms with van der Waals surface area (Å²) in [5.74, 6) is -0.717. The van der Waals surface area contributed by atoms with Crippen molar-refractivity contribution in [2.75, 3.05) is 13.1 Å². The van der Waals surface area contributed by atoms with Crippen molar-refractivity contribution in [1.82, 2.24) is 15.2 Å². The third-order valence-corrected chi connectivity index (χ3v) is 4.04. The van der Waals surface area contributed by atoms with E-state index in [-0.39, 0.29) is 24.9 Å². The van der Waals surface area contributed by atoms with E-state index in [0.717, 1.165) is 16.5 Å². The highest BCUT2D eigenvalue weighted by molar-refractivity contribution is 6.01. The number of aromatic nitrogens is 1. The van der Waals surface area contributed by atoms with Gasteiger partial charge in [0.05, 0.1) is 12.6 Å². The molecule has 7 heteroatoms. The Morgan fingerprint density at radius 2 is 2.26 bits per heavy atom. The summed E-state index contributed by atoms with van der Waals surface area (Å²) in [6, 6.07) is 6.23. The van der Waals surface area contributed by atoms with E-state index in [9.17, 15) is 14.4 Å². The molecule has 2 heterocycles. The molecule has 1 fully saturated rings. The maximum absolute atomic E-state index is 12.4. The number of nitrogens with two attached hydrogens (primary N) is 1. The molecule has 1 aromatic heterocycles. The van der Waals surface area contributed by atoms with Crippen LogP contribution in [-0.4, -0.2) is 53.2 Å². The fourth-order valence-corrected chi connectivity index (χ4v) is 2.85. The first-order valence-corrected chi connectivity index (χ1v) is 7.38. The van der Waals surface area contributed by atoms with Crippen LogP contribution in [0.15, 0.2) is 24.3 Å². The van der Waals surface area contributed by atoms with Crippen molar-refractivity contribution in [2.24, 2.45) is 5.73 Å². The number of aldehydes is 1. The lowest BCUT2D eigenvalue weighted by atomic mass is 10.1. The topological polar surface area (TPSA) is 108 Å². The summed E-state index contributed by atoms with van der Waals surface area (Å²) in [7, 11) is 0. The number of hydrogen-bond donors (Lipinski definition) is 3. The quantitative estimate of drug-likeness (QED) is 0.687. The number of fused-ring (bicyclic) bond motifs is 1. The molecular weight excluding hydrogens is 296 g/mol. The zero-order valence-corrected chi connectivity index (χ0v) is 12.7. The normalized spacial score (nSPS) is 21.0.